The number of carbonyl (C=O) groups is 1. The Morgan fingerprint density at radius 2 is 2.00 bits per heavy atom. The molecule has 84 valence electrons. The minimum Gasteiger partial charge on any atom is -0.348 e. The van der Waals surface area contributed by atoms with Gasteiger partial charge in [0.25, 0.3) is 0 Å². The number of hydrogen-bond donors (Lipinski definition) is 0. The van der Waals surface area contributed by atoms with E-state index in [4.69, 9.17) is 0 Å². The van der Waals surface area contributed by atoms with Crippen LogP contribution in [0.15, 0.2) is 8.68 Å². The Morgan fingerprint density at radius 3 is 2.47 bits per heavy atom. The quantitative estimate of drug-likeness (QED) is 0.776. The highest BCUT2D eigenvalue weighted by Crippen LogP contribution is 2.30. The second kappa shape index (κ2) is 5.72. The van der Waals surface area contributed by atoms with Crippen molar-refractivity contribution in [2.45, 2.75) is 20.9 Å². The topological polar surface area (TPSA) is 46.1 Å². The summed E-state index contributed by atoms with van der Waals surface area (Å²) in [5.41, 5.74) is 0. The molecule has 0 fully saturated rings. The van der Waals surface area contributed by atoms with Gasteiger partial charge >= 0.3 is 0 Å². The van der Waals surface area contributed by atoms with Gasteiger partial charge in [-0.25, -0.2) is 0 Å². The maximum absolute atomic E-state index is 11.6. The molecule has 0 radical (unpaired) electrons. The minimum atomic E-state index is -0.109. The number of rotatable bonds is 4. The minimum absolute atomic E-state index is 0.0981. The molecule has 0 spiro atoms. The molecular weight excluding hydrogens is 250 g/mol. The van der Waals surface area contributed by atoms with E-state index in [1.165, 1.54) is 23.1 Å². The van der Waals surface area contributed by atoms with Crippen molar-refractivity contribution in [3.8, 4) is 0 Å². The normalized spacial score (nSPS) is 12.5. The monoisotopic (exact) mass is 263 g/mol. The molecule has 1 heterocycles. The van der Waals surface area contributed by atoms with Gasteiger partial charge in [0.2, 0.25) is 5.91 Å². The van der Waals surface area contributed by atoms with Crippen LogP contribution in [-0.2, 0) is 4.79 Å². The zero-order valence-electron chi connectivity index (χ0n) is 9.05. The third-order valence-electron chi connectivity index (χ3n) is 1.63. The fourth-order valence-electron chi connectivity index (χ4n) is 0.893. The zero-order valence-corrected chi connectivity index (χ0v) is 11.5. The molecule has 15 heavy (non-hydrogen) atoms. The lowest BCUT2D eigenvalue weighted by Crippen LogP contribution is -2.29. The Morgan fingerprint density at radius 1 is 1.40 bits per heavy atom. The first-order valence-corrected chi connectivity index (χ1v) is 7.22. The smallest absolute Gasteiger partial charge is 0.235 e. The molecule has 4 nitrogen and oxygen atoms in total. The van der Waals surface area contributed by atoms with Crippen molar-refractivity contribution >= 4 is 40.8 Å². The van der Waals surface area contributed by atoms with E-state index in [9.17, 15) is 4.79 Å². The summed E-state index contributed by atoms with van der Waals surface area (Å²) in [6, 6.07) is 0. The van der Waals surface area contributed by atoms with Crippen molar-refractivity contribution in [3.63, 3.8) is 0 Å². The van der Waals surface area contributed by atoms with Crippen molar-refractivity contribution < 1.29 is 4.79 Å². The van der Waals surface area contributed by atoms with Crippen LogP contribution in [0.1, 0.15) is 6.92 Å². The molecule has 0 aromatic carbocycles. The summed E-state index contributed by atoms with van der Waals surface area (Å²) in [6.45, 7) is 1.88. The summed E-state index contributed by atoms with van der Waals surface area (Å²) in [7, 11) is 3.51. The third kappa shape index (κ3) is 3.66. The van der Waals surface area contributed by atoms with E-state index in [2.05, 4.69) is 10.2 Å². The molecule has 1 unspecified atom stereocenters. The molecular formula is C8H13N3OS3. The molecule has 0 saturated carbocycles. The molecule has 1 amide bonds. The van der Waals surface area contributed by atoms with Crippen LogP contribution in [0.5, 0.6) is 0 Å². The average Bonchev–Trinajstić information content (AvgIpc) is 2.64. The van der Waals surface area contributed by atoms with Crippen LogP contribution in [0.4, 0.5) is 0 Å². The van der Waals surface area contributed by atoms with E-state index in [1.54, 1.807) is 30.8 Å². The van der Waals surface area contributed by atoms with Gasteiger partial charge in [-0.3, -0.25) is 4.79 Å². The molecule has 1 rings (SSSR count). The SMILES string of the molecule is CSc1nnc(SC(C)C(=O)N(C)C)s1. The van der Waals surface area contributed by atoms with Crippen LogP contribution >= 0.6 is 34.9 Å². The predicted octanol–water partition coefficient (Wildman–Crippen LogP) is 1.83. The highest BCUT2D eigenvalue weighted by molar-refractivity contribution is 8.03. The van der Waals surface area contributed by atoms with Gasteiger partial charge in [0, 0.05) is 14.1 Å². The number of aromatic nitrogens is 2. The summed E-state index contributed by atoms with van der Waals surface area (Å²) < 4.78 is 1.78. The number of amides is 1. The lowest BCUT2D eigenvalue weighted by Gasteiger charge is -2.14. The third-order valence-corrected chi connectivity index (χ3v) is 4.70. The first kappa shape index (κ1) is 12.8. The summed E-state index contributed by atoms with van der Waals surface area (Å²) >= 11 is 4.55. The van der Waals surface area contributed by atoms with Gasteiger partial charge in [0.1, 0.15) is 0 Å². The molecule has 0 bridgehead atoms. The Kier molecular flexibility index (Phi) is 4.88. The Bertz CT molecular complexity index is 340. The van der Waals surface area contributed by atoms with Crippen LogP contribution in [0, 0.1) is 0 Å². The number of thioether (sulfide) groups is 2. The highest BCUT2D eigenvalue weighted by Gasteiger charge is 2.18. The number of carbonyl (C=O) groups excluding carboxylic acids is 1. The maximum atomic E-state index is 11.6. The predicted molar refractivity (Wildman–Crippen MR) is 65.7 cm³/mol. The van der Waals surface area contributed by atoms with Crippen molar-refractivity contribution in [1.29, 1.82) is 0 Å². The van der Waals surface area contributed by atoms with Gasteiger partial charge in [0.15, 0.2) is 8.68 Å². The van der Waals surface area contributed by atoms with Crippen LogP contribution in [0.3, 0.4) is 0 Å². The molecule has 0 aliphatic carbocycles. The Balaban J connectivity index is 2.58. The molecule has 0 saturated heterocycles. The number of hydrogen-bond acceptors (Lipinski definition) is 6. The van der Waals surface area contributed by atoms with E-state index >= 15 is 0 Å². The summed E-state index contributed by atoms with van der Waals surface area (Å²) in [5, 5.41) is 7.88. The molecule has 1 aromatic heterocycles. The fourth-order valence-corrected chi connectivity index (χ4v) is 3.62. The summed E-state index contributed by atoms with van der Waals surface area (Å²) in [5.74, 6) is 0.0981. The lowest BCUT2D eigenvalue weighted by atomic mass is 10.4. The van der Waals surface area contributed by atoms with E-state index in [0.717, 1.165) is 8.68 Å². The van der Waals surface area contributed by atoms with Crippen molar-refractivity contribution in [2.24, 2.45) is 0 Å². The Hall–Kier alpha value is -0.270. The summed E-state index contributed by atoms with van der Waals surface area (Å²) in [4.78, 5) is 13.2. The van der Waals surface area contributed by atoms with Gasteiger partial charge in [-0.2, -0.15) is 0 Å². The van der Waals surface area contributed by atoms with Gasteiger partial charge in [-0.15, -0.1) is 10.2 Å². The van der Waals surface area contributed by atoms with E-state index in [1.807, 2.05) is 13.2 Å². The molecule has 0 N–H and O–H groups in total. The number of nitrogens with zero attached hydrogens (tertiary/aromatic N) is 3. The van der Waals surface area contributed by atoms with Crippen LogP contribution in [0.2, 0.25) is 0 Å². The van der Waals surface area contributed by atoms with Crippen molar-refractivity contribution in [2.75, 3.05) is 20.4 Å². The molecule has 0 aliphatic rings. The van der Waals surface area contributed by atoms with Gasteiger partial charge in [-0.1, -0.05) is 34.9 Å². The first-order valence-electron chi connectivity index (χ1n) is 4.30. The first-order chi connectivity index (χ1) is 7.04. The van der Waals surface area contributed by atoms with Crippen molar-refractivity contribution in [3.05, 3.63) is 0 Å². The second-order valence-electron chi connectivity index (χ2n) is 3.03. The molecule has 0 aliphatic heterocycles. The molecule has 1 aromatic rings. The molecule has 1 atom stereocenters. The van der Waals surface area contributed by atoms with Crippen molar-refractivity contribution in [1.82, 2.24) is 15.1 Å². The van der Waals surface area contributed by atoms with Crippen LogP contribution < -0.4 is 0 Å². The van der Waals surface area contributed by atoms with Crippen LogP contribution in [-0.4, -0.2) is 46.6 Å². The second-order valence-corrected chi connectivity index (χ2v) is 6.65. The van der Waals surface area contributed by atoms with Gasteiger partial charge < -0.3 is 4.90 Å². The fraction of sp³-hybridized carbons (Fsp3) is 0.625. The molecule has 7 heteroatoms. The Labute approximate surface area is 102 Å². The van der Waals surface area contributed by atoms with E-state index in [-0.39, 0.29) is 11.2 Å². The maximum Gasteiger partial charge on any atom is 0.235 e. The zero-order chi connectivity index (χ0) is 11.4. The lowest BCUT2D eigenvalue weighted by molar-refractivity contribution is -0.127. The highest BCUT2D eigenvalue weighted by atomic mass is 32.2. The van der Waals surface area contributed by atoms with E-state index < -0.39 is 0 Å². The van der Waals surface area contributed by atoms with E-state index in [0.29, 0.717) is 0 Å². The van der Waals surface area contributed by atoms with Crippen LogP contribution in [0.25, 0.3) is 0 Å². The largest absolute Gasteiger partial charge is 0.348 e. The van der Waals surface area contributed by atoms with Gasteiger partial charge in [0.05, 0.1) is 5.25 Å². The average molecular weight is 263 g/mol. The standard InChI is InChI=1S/C8H13N3OS3/c1-5(6(12)11(2)3)14-8-10-9-7(13-4)15-8/h5H,1-4H3. The summed E-state index contributed by atoms with van der Waals surface area (Å²) in [6.07, 6.45) is 1.96. The van der Waals surface area contributed by atoms with Gasteiger partial charge in [-0.05, 0) is 13.2 Å².